The Labute approximate surface area is 322 Å². The van der Waals surface area contributed by atoms with Gasteiger partial charge in [-0.05, 0) is 127 Å². The molecule has 1 amide bonds. The van der Waals surface area contributed by atoms with E-state index < -0.39 is 12.5 Å². The Morgan fingerprint density at radius 3 is 2.22 bits per heavy atom. The van der Waals surface area contributed by atoms with Crippen LogP contribution in [0, 0.1) is 17.8 Å². The Balaban J connectivity index is 0.828. The number of aliphatic hydroxyl groups is 2. The molecule has 2 unspecified atom stereocenters. The van der Waals surface area contributed by atoms with Crippen molar-refractivity contribution in [2.24, 2.45) is 17.8 Å². The Morgan fingerprint density at radius 2 is 1.50 bits per heavy atom. The second-order valence-electron chi connectivity index (χ2n) is 16.9. The molecule has 3 aromatic rings. The van der Waals surface area contributed by atoms with Crippen molar-refractivity contribution in [2.75, 3.05) is 55.6 Å². The predicted octanol–water partition coefficient (Wildman–Crippen LogP) is 6.30. The van der Waals surface area contributed by atoms with Crippen molar-refractivity contribution >= 4 is 17.3 Å². The Hall–Kier alpha value is -3.63. The number of hydrogen-bond donors (Lipinski definition) is 4. The summed E-state index contributed by atoms with van der Waals surface area (Å²) < 4.78 is 0. The summed E-state index contributed by atoms with van der Waals surface area (Å²) in [6.45, 7) is 12.6. The molecule has 0 aromatic heterocycles. The molecule has 3 saturated heterocycles. The normalized spacial score (nSPS) is 26.7. The van der Waals surface area contributed by atoms with Crippen LogP contribution in [-0.4, -0.2) is 95.3 Å². The predicted molar refractivity (Wildman–Crippen MR) is 215 cm³/mol. The van der Waals surface area contributed by atoms with Crippen LogP contribution in [0.25, 0.3) is 0 Å². The molecule has 54 heavy (non-hydrogen) atoms. The average Bonchev–Trinajstić information content (AvgIpc) is 3.52. The van der Waals surface area contributed by atoms with Gasteiger partial charge in [-0.3, -0.25) is 15.0 Å². The lowest BCUT2D eigenvalue weighted by atomic mass is 9.68. The Kier molecular flexibility index (Phi) is 11.2. The number of piperazine rings is 1. The molecule has 3 aromatic carbocycles. The molecule has 1 aliphatic carbocycles. The average molecular weight is 736 g/mol. The third-order valence-corrected chi connectivity index (χ3v) is 13.8. The minimum atomic E-state index is -0.918. The second-order valence-corrected chi connectivity index (χ2v) is 16.9. The molecule has 0 spiro atoms. The summed E-state index contributed by atoms with van der Waals surface area (Å²) in [5.41, 5.74) is 8.43. The topological polar surface area (TPSA) is 103 Å². The van der Waals surface area contributed by atoms with Gasteiger partial charge in [0.05, 0.1) is 6.04 Å². The fourth-order valence-corrected chi connectivity index (χ4v) is 10.4. The van der Waals surface area contributed by atoms with Gasteiger partial charge in [-0.1, -0.05) is 44.9 Å². The summed E-state index contributed by atoms with van der Waals surface area (Å²) in [5, 5.41) is 33.3. The largest absolute Gasteiger partial charge is 0.508 e. The van der Waals surface area contributed by atoms with E-state index in [0.717, 1.165) is 75.2 Å². The molecule has 0 saturated carbocycles. The van der Waals surface area contributed by atoms with E-state index in [2.05, 4.69) is 76.3 Å². The standard InChI is InChI=1S/C45H61N5O4/c1-3-30(4-2)25-34-6-5-33-27-38(51)12-14-39(33)43(34)32-7-9-36(10-8-32)48-19-17-31(18-20-48)28-47-21-23-49(24-22-47)37-11-13-40-35(26-37)29-50(45(40)54)41-15-16-42(52)46-44(41)53/h7-14,26-27,30-31,34,41-44,46,51-53H,3-6,15-25,28-29H2,1-2H3/t34-,41?,42?,43+,44+/m1/s1. The van der Waals surface area contributed by atoms with E-state index in [-0.39, 0.29) is 11.9 Å². The third-order valence-electron chi connectivity index (χ3n) is 13.8. The zero-order chi connectivity index (χ0) is 37.3. The van der Waals surface area contributed by atoms with Gasteiger partial charge in [0.15, 0.2) is 0 Å². The molecule has 290 valence electrons. The number of fused-ring (bicyclic) bond motifs is 2. The lowest BCUT2D eigenvalue weighted by molar-refractivity contribution is -0.0477. The molecule has 0 radical (unpaired) electrons. The molecule has 9 nitrogen and oxygen atoms in total. The van der Waals surface area contributed by atoms with Gasteiger partial charge in [0.25, 0.3) is 5.91 Å². The first kappa shape index (κ1) is 37.3. The van der Waals surface area contributed by atoms with Gasteiger partial charge in [0.2, 0.25) is 0 Å². The first-order chi connectivity index (χ1) is 26.3. The van der Waals surface area contributed by atoms with Crippen LogP contribution < -0.4 is 15.1 Å². The van der Waals surface area contributed by atoms with Crippen molar-refractivity contribution in [1.82, 2.24) is 15.1 Å². The number of phenolic OH excluding ortho intramolecular Hbond substituents is 1. The number of amides is 1. The highest BCUT2D eigenvalue weighted by Gasteiger charge is 2.39. The molecule has 4 N–H and O–H groups in total. The van der Waals surface area contributed by atoms with E-state index in [4.69, 9.17) is 0 Å². The van der Waals surface area contributed by atoms with Crippen LogP contribution in [0.4, 0.5) is 11.4 Å². The van der Waals surface area contributed by atoms with Crippen LogP contribution in [0.15, 0.2) is 60.7 Å². The van der Waals surface area contributed by atoms with Crippen molar-refractivity contribution < 1.29 is 20.1 Å². The van der Waals surface area contributed by atoms with E-state index in [0.29, 0.717) is 37.0 Å². The van der Waals surface area contributed by atoms with Gasteiger partial charge >= 0.3 is 0 Å². The smallest absolute Gasteiger partial charge is 0.254 e. The van der Waals surface area contributed by atoms with E-state index in [1.165, 1.54) is 66.6 Å². The van der Waals surface area contributed by atoms with Gasteiger partial charge < -0.3 is 30.0 Å². The molecular weight excluding hydrogens is 675 g/mol. The zero-order valence-electron chi connectivity index (χ0n) is 32.4. The minimum absolute atomic E-state index is 0.0270. The number of carbonyl (C=O) groups excluding carboxylic acids is 1. The number of phenols is 1. The van der Waals surface area contributed by atoms with Crippen molar-refractivity contribution in [3.63, 3.8) is 0 Å². The molecular formula is C45H61N5O4. The van der Waals surface area contributed by atoms with Gasteiger partial charge in [-0.2, -0.15) is 0 Å². The number of carbonyl (C=O) groups is 1. The molecule has 4 aliphatic heterocycles. The van der Waals surface area contributed by atoms with E-state index in [1.807, 2.05) is 18.2 Å². The highest BCUT2D eigenvalue weighted by atomic mass is 16.3. The van der Waals surface area contributed by atoms with Gasteiger partial charge in [-0.25, -0.2) is 0 Å². The van der Waals surface area contributed by atoms with Crippen LogP contribution in [-0.2, 0) is 13.0 Å². The van der Waals surface area contributed by atoms with Crippen LogP contribution in [0.2, 0.25) is 0 Å². The van der Waals surface area contributed by atoms with Crippen molar-refractivity contribution in [1.29, 1.82) is 0 Å². The quantitative estimate of drug-likeness (QED) is 0.193. The number of aliphatic hydroxyl groups excluding tert-OH is 2. The van der Waals surface area contributed by atoms with Crippen molar-refractivity contribution in [3.05, 3.63) is 88.5 Å². The fraction of sp³-hybridized carbons (Fsp3) is 0.578. The first-order valence-corrected chi connectivity index (χ1v) is 21.0. The van der Waals surface area contributed by atoms with Gasteiger partial charge in [-0.15, -0.1) is 0 Å². The van der Waals surface area contributed by atoms with Crippen LogP contribution >= 0.6 is 0 Å². The Bertz CT molecular complexity index is 1750. The van der Waals surface area contributed by atoms with Crippen LogP contribution in [0.5, 0.6) is 5.75 Å². The Morgan fingerprint density at radius 1 is 0.778 bits per heavy atom. The number of benzene rings is 3. The zero-order valence-corrected chi connectivity index (χ0v) is 32.4. The minimum Gasteiger partial charge on any atom is -0.508 e. The summed E-state index contributed by atoms with van der Waals surface area (Å²) in [6, 6.07) is 21.5. The second kappa shape index (κ2) is 16.2. The summed E-state index contributed by atoms with van der Waals surface area (Å²) >= 11 is 0. The molecule has 0 bridgehead atoms. The van der Waals surface area contributed by atoms with E-state index >= 15 is 0 Å². The van der Waals surface area contributed by atoms with E-state index in [1.54, 1.807) is 4.90 Å². The molecule has 9 heteroatoms. The van der Waals surface area contributed by atoms with Crippen LogP contribution in [0.3, 0.4) is 0 Å². The molecule has 5 aliphatic rings. The molecule has 8 rings (SSSR count). The van der Waals surface area contributed by atoms with E-state index in [9.17, 15) is 20.1 Å². The summed E-state index contributed by atoms with van der Waals surface area (Å²) in [7, 11) is 0. The number of rotatable bonds is 10. The van der Waals surface area contributed by atoms with Crippen LogP contribution in [0.1, 0.15) is 104 Å². The third kappa shape index (κ3) is 7.75. The highest BCUT2D eigenvalue weighted by Crippen LogP contribution is 2.45. The van der Waals surface area contributed by atoms with Crippen molar-refractivity contribution in [2.45, 2.75) is 103 Å². The number of anilines is 2. The maximum Gasteiger partial charge on any atom is 0.254 e. The SMILES string of the molecule is CCC(CC)C[C@H]1CCc2cc(O)ccc2[C@H]1c1ccc(N2CCC(CN3CCN(c4ccc5c(c4)CN(C4CCC(O)N[C@H]4O)C5=O)CC3)CC2)cc1. The lowest BCUT2D eigenvalue weighted by Gasteiger charge is -2.40. The number of nitrogens with zero attached hydrogens (tertiary/aromatic N) is 4. The highest BCUT2D eigenvalue weighted by molar-refractivity contribution is 5.99. The lowest BCUT2D eigenvalue weighted by Crippen LogP contribution is -2.56. The van der Waals surface area contributed by atoms with Gasteiger partial charge in [0.1, 0.15) is 18.2 Å². The monoisotopic (exact) mass is 735 g/mol. The number of piperidine rings is 2. The number of aromatic hydroxyl groups is 1. The number of aryl methyl sites for hydroxylation is 1. The number of nitrogens with one attached hydrogen (secondary N) is 1. The molecule has 3 fully saturated rings. The molecule has 4 heterocycles. The summed E-state index contributed by atoms with van der Waals surface area (Å²) in [6.07, 6.45) is 7.91. The fourth-order valence-electron chi connectivity index (χ4n) is 10.4. The van der Waals surface area contributed by atoms with Crippen molar-refractivity contribution in [3.8, 4) is 5.75 Å². The number of hydrogen-bond acceptors (Lipinski definition) is 8. The van der Waals surface area contributed by atoms with Gasteiger partial charge in [0, 0.05) is 75.2 Å². The maximum atomic E-state index is 13.2. The molecule has 5 atom stereocenters. The first-order valence-electron chi connectivity index (χ1n) is 21.0. The summed E-state index contributed by atoms with van der Waals surface area (Å²) in [4.78, 5) is 22.7. The maximum absolute atomic E-state index is 13.2. The summed E-state index contributed by atoms with van der Waals surface area (Å²) in [5.74, 6) is 2.87.